The molecule has 0 aromatic heterocycles. The Hall–Kier alpha value is -1.70. The second-order valence-corrected chi connectivity index (χ2v) is 5.09. The van der Waals surface area contributed by atoms with E-state index in [1.165, 1.54) is 11.2 Å². The van der Waals surface area contributed by atoms with Crippen molar-refractivity contribution in [3.63, 3.8) is 0 Å². The Morgan fingerprint density at radius 2 is 1.74 bits per heavy atom. The molecule has 0 aliphatic heterocycles. The van der Waals surface area contributed by atoms with Gasteiger partial charge >= 0.3 is 0 Å². The van der Waals surface area contributed by atoms with Crippen LogP contribution < -0.4 is 16.2 Å². The highest BCUT2D eigenvalue weighted by molar-refractivity contribution is 5.92. The van der Waals surface area contributed by atoms with Crippen molar-refractivity contribution in [1.29, 1.82) is 0 Å². The van der Waals surface area contributed by atoms with Crippen LogP contribution in [0.15, 0.2) is 24.8 Å². The van der Waals surface area contributed by atoms with Crippen molar-refractivity contribution in [1.82, 2.24) is 26.2 Å². The quantitative estimate of drug-likeness (QED) is 0.312. The van der Waals surface area contributed by atoms with E-state index in [0.29, 0.717) is 5.57 Å². The van der Waals surface area contributed by atoms with Crippen LogP contribution in [0.25, 0.3) is 0 Å². The summed E-state index contributed by atoms with van der Waals surface area (Å²) in [4.78, 5) is 24.1. The lowest BCUT2D eigenvalue weighted by molar-refractivity contribution is -0.133. The highest BCUT2D eigenvalue weighted by Crippen LogP contribution is 2.03. The normalized spacial score (nSPS) is 9.65. The molecule has 0 aliphatic carbocycles. The van der Waals surface area contributed by atoms with E-state index in [9.17, 15) is 9.59 Å². The molecule has 0 bridgehead atoms. The number of carbonyl (C=O) groups excluding carboxylic acids is 2. The smallest absolute Gasteiger partial charge is 0.278 e. The molecule has 0 atom stereocenters. The molecule has 3 N–H and O–H groups in total. The Morgan fingerprint density at radius 1 is 1.17 bits per heavy atom. The minimum Gasteiger partial charge on any atom is -0.353 e. The maximum atomic E-state index is 11.4. The van der Waals surface area contributed by atoms with Crippen LogP contribution in [0.1, 0.15) is 26.2 Å². The number of nitrogens with zero attached hydrogens (tertiary/aromatic N) is 2. The summed E-state index contributed by atoms with van der Waals surface area (Å²) in [5.74, 6) is -0.203. The van der Waals surface area contributed by atoms with Gasteiger partial charge in [-0.25, -0.2) is 16.0 Å². The van der Waals surface area contributed by atoms with E-state index in [1.807, 2.05) is 21.0 Å². The molecule has 134 valence electrons. The largest absolute Gasteiger partial charge is 0.353 e. The van der Waals surface area contributed by atoms with E-state index in [0.717, 1.165) is 32.4 Å². The molecule has 0 aromatic rings. The van der Waals surface area contributed by atoms with E-state index in [-0.39, 0.29) is 11.8 Å². The minimum atomic E-state index is -0.109. The van der Waals surface area contributed by atoms with Crippen LogP contribution >= 0.6 is 0 Å². The standard InChI is InChI=1S/C8H17N3O.C8H16N2O/c1-5-6-7(2)8(12)11(9-3)10-4;1-4-8(11)9-6-5-7-10(2)3/h9-10H,2,5-6H2,1,3-4H3;4H,1,5-7H2,2-3H3,(H,9,11). The van der Waals surface area contributed by atoms with E-state index >= 15 is 0 Å². The number of carbonyl (C=O) groups is 2. The van der Waals surface area contributed by atoms with Crippen LogP contribution in [0, 0.1) is 0 Å². The summed E-state index contributed by atoms with van der Waals surface area (Å²) < 4.78 is 0. The summed E-state index contributed by atoms with van der Waals surface area (Å²) in [6.45, 7) is 10.8. The number of hydrogen-bond acceptors (Lipinski definition) is 5. The molecule has 0 fully saturated rings. The Bertz CT molecular complexity index is 365. The van der Waals surface area contributed by atoms with Crippen LogP contribution in [0.2, 0.25) is 0 Å². The molecule has 0 spiro atoms. The van der Waals surface area contributed by atoms with Crippen LogP contribution in [-0.2, 0) is 9.59 Å². The molecule has 0 aromatic carbocycles. The van der Waals surface area contributed by atoms with Gasteiger partial charge in [-0.3, -0.25) is 9.59 Å². The molecule has 0 saturated heterocycles. The molecule has 0 saturated carbocycles. The van der Waals surface area contributed by atoms with Gasteiger partial charge in [-0.15, -0.1) is 0 Å². The van der Waals surface area contributed by atoms with Crippen molar-refractivity contribution < 1.29 is 9.59 Å². The van der Waals surface area contributed by atoms with Crippen LogP contribution in [-0.4, -0.2) is 63.1 Å². The Balaban J connectivity index is 0. The highest BCUT2D eigenvalue weighted by Gasteiger charge is 2.12. The van der Waals surface area contributed by atoms with Crippen molar-refractivity contribution in [2.24, 2.45) is 0 Å². The molecule has 2 amide bonds. The summed E-state index contributed by atoms with van der Waals surface area (Å²) in [5, 5.41) is 4.01. The number of hydrogen-bond donors (Lipinski definition) is 3. The predicted molar refractivity (Wildman–Crippen MR) is 95.4 cm³/mol. The average molecular weight is 327 g/mol. The topological polar surface area (TPSA) is 76.7 Å². The predicted octanol–water partition coefficient (Wildman–Crippen LogP) is 0.680. The third-order valence-corrected chi connectivity index (χ3v) is 2.77. The third-order valence-electron chi connectivity index (χ3n) is 2.77. The van der Waals surface area contributed by atoms with Gasteiger partial charge in [0.15, 0.2) is 0 Å². The molecular weight excluding hydrogens is 294 g/mol. The van der Waals surface area contributed by atoms with Gasteiger partial charge < -0.3 is 10.2 Å². The third kappa shape index (κ3) is 13.7. The monoisotopic (exact) mass is 327 g/mol. The van der Waals surface area contributed by atoms with Gasteiger partial charge in [-0.2, -0.15) is 0 Å². The number of nitrogens with one attached hydrogen (secondary N) is 3. The first-order valence-electron chi connectivity index (χ1n) is 7.75. The zero-order chi connectivity index (χ0) is 18.3. The molecule has 7 nitrogen and oxygen atoms in total. The summed E-state index contributed by atoms with van der Waals surface area (Å²) in [6, 6.07) is 0. The van der Waals surface area contributed by atoms with Crippen LogP contribution in [0.5, 0.6) is 0 Å². The Kier molecular flexibility index (Phi) is 15.6. The first kappa shape index (κ1) is 23.6. The van der Waals surface area contributed by atoms with Gasteiger partial charge in [-0.05, 0) is 39.6 Å². The van der Waals surface area contributed by atoms with Gasteiger partial charge in [0, 0.05) is 26.2 Å². The van der Waals surface area contributed by atoms with Crippen molar-refractivity contribution in [2.45, 2.75) is 26.2 Å². The molecule has 23 heavy (non-hydrogen) atoms. The van der Waals surface area contributed by atoms with Crippen molar-refractivity contribution in [3.8, 4) is 0 Å². The lowest BCUT2D eigenvalue weighted by Crippen LogP contribution is -2.48. The van der Waals surface area contributed by atoms with E-state index in [1.54, 1.807) is 14.1 Å². The maximum Gasteiger partial charge on any atom is 0.278 e. The van der Waals surface area contributed by atoms with Gasteiger partial charge in [-0.1, -0.05) is 26.5 Å². The number of amides is 2. The SMILES string of the molecule is C=C(CCC)C(=O)N(NC)NC.C=CC(=O)NCCCN(C)C. The molecule has 0 aliphatic rings. The molecule has 0 rings (SSSR count). The van der Waals surface area contributed by atoms with Crippen LogP contribution in [0.4, 0.5) is 0 Å². The molecule has 0 unspecified atom stereocenters. The average Bonchev–Trinajstić information content (AvgIpc) is 2.53. The first-order valence-corrected chi connectivity index (χ1v) is 7.75. The fourth-order valence-corrected chi connectivity index (χ4v) is 1.56. The Morgan fingerprint density at radius 3 is 2.13 bits per heavy atom. The van der Waals surface area contributed by atoms with Gasteiger partial charge in [0.2, 0.25) is 5.91 Å². The number of hydrazine groups is 2. The van der Waals surface area contributed by atoms with Gasteiger partial charge in [0.1, 0.15) is 0 Å². The fourth-order valence-electron chi connectivity index (χ4n) is 1.56. The zero-order valence-corrected chi connectivity index (χ0v) is 15.2. The Labute approximate surface area is 140 Å². The van der Waals surface area contributed by atoms with Crippen LogP contribution in [0.3, 0.4) is 0 Å². The molecule has 0 heterocycles. The summed E-state index contributed by atoms with van der Waals surface area (Å²) in [6.07, 6.45) is 3.94. The van der Waals surface area contributed by atoms with Crippen molar-refractivity contribution in [2.75, 3.05) is 41.3 Å². The van der Waals surface area contributed by atoms with E-state index in [2.05, 4.69) is 34.2 Å². The summed E-state index contributed by atoms with van der Waals surface area (Å²) in [7, 11) is 7.37. The second-order valence-electron chi connectivity index (χ2n) is 5.09. The molecular formula is C16H33N5O2. The maximum absolute atomic E-state index is 11.4. The van der Waals surface area contributed by atoms with E-state index < -0.39 is 0 Å². The van der Waals surface area contributed by atoms with E-state index in [4.69, 9.17) is 0 Å². The molecule has 0 radical (unpaired) electrons. The fraction of sp³-hybridized carbons (Fsp3) is 0.625. The second kappa shape index (κ2) is 15.2. The lowest BCUT2D eigenvalue weighted by atomic mass is 10.2. The van der Waals surface area contributed by atoms with Crippen molar-refractivity contribution >= 4 is 11.8 Å². The summed E-state index contributed by atoms with van der Waals surface area (Å²) >= 11 is 0. The minimum absolute atomic E-state index is 0.0937. The summed E-state index contributed by atoms with van der Waals surface area (Å²) in [5.41, 5.74) is 6.02. The lowest BCUT2D eigenvalue weighted by Gasteiger charge is -2.20. The zero-order valence-electron chi connectivity index (χ0n) is 15.2. The van der Waals surface area contributed by atoms with Gasteiger partial charge in [0.05, 0.1) is 0 Å². The van der Waals surface area contributed by atoms with Crippen molar-refractivity contribution in [3.05, 3.63) is 24.8 Å². The first-order chi connectivity index (χ1) is 10.8. The van der Waals surface area contributed by atoms with Gasteiger partial charge in [0.25, 0.3) is 5.91 Å². The molecule has 7 heteroatoms. The number of rotatable bonds is 10. The highest BCUT2D eigenvalue weighted by atomic mass is 16.2.